The molecule has 0 radical (unpaired) electrons. The molecule has 5 heterocycles. The lowest BCUT2D eigenvalue weighted by atomic mass is 9.93. The van der Waals surface area contributed by atoms with Gasteiger partial charge < -0.3 is 24.4 Å². The molecule has 10 heteroatoms. The van der Waals surface area contributed by atoms with Gasteiger partial charge >= 0.3 is 6.01 Å². The Morgan fingerprint density at radius 3 is 2.77 bits per heavy atom. The summed E-state index contributed by atoms with van der Waals surface area (Å²) >= 11 is 0. The lowest BCUT2D eigenvalue weighted by molar-refractivity contribution is -0.0134. The van der Waals surface area contributed by atoms with Gasteiger partial charge in [0.1, 0.15) is 23.6 Å². The van der Waals surface area contributed by atoms with Crippen molar-refractivity contribution in [2.75, 3.05) is 57.5 Å². The van der Waals surface area contributed by atoms with Crippen LogP contribution in [-0.4, -0.2) is 90.6 Å². The standard InChI is InChI=1S/C38H43FN6O3/c1-5-25-18-45-26(17-40-25)20-47-36-32-34(28(7-3)33(41-36)29-10-8-9-24-11-12-30(39)27(6-2)31(24)29)42-37(43-35(32)45)48-22-38(13-14-38)21-44-15-16-46-19-23(44)4/h2,8-12,23,25-26,40H,5,7,13-22H2,1,3-4H3/t23-,25-,26+/m1/s1. The molecule has 0 bridgehead atoms. The quantitative estimate of drug-likeness (QED) is 0.254. The van der Waals surface area contributed by atoms with Crippen molar-refractivity contribution in [2.24, 2.45) is 5.41 Å². The molecule has 3 aliphatic heterocycles. The Hall–Kier alpha value is -4.04. The van der Waals surface area contributed by atoms with Crippen molar-refractivity contribution in [3.63, 3.8) is 0 Å². The maximum absolute atomic E-state index is 15.1. The van der Waals surface area contributed by atoms with E-state index in [0.29, 0.717) is 54.7 Å². The first-order valence-electron chi connectivity index (χ1n) is 17.4. The van der Waals surface area contributed by atoms with Crippen LogP contribution in [-0.2, 0) is 11.2 Å². The Balaban J connectivity index is 1.27. The predicted molar refractivity (Wildman–Crippen MR) is 185 cm³/mol. The van der Waals surface area contributed by atoms with Crippen molar-refractivity contribution in [2.45, 2.75) is 64.6 Å². The first-order valence-corrected chi connectivity index (χ1v) is 17.4. The molecule has 250 valence electrons. The number of pyridine rings is 1. The van der Waals surface area contributed by atoms with E-state index in [0.717, 1.165) is 91.9 Å². The minimum absolute atomic E-state index is 0.0683. The van der Waals surface area contributed by atoms with Crippen LogP contribution in [0.4, 0.5) is 10.2 Å². The van der Waals surface area contributed by atoms with Gasteiger partial charge in [0.25, 0.3) is 0 Å². The zero-order valence-electron chi connectivity index (χ0n) is 28.0. The van der Waals surface area contributed by atoms with Crippen molar-refractivity contribution in [1.29, 1.82) is 0 Å². The number of terminal acetylenes is 1. The summed E-state index contributed by atoms with van der Waals surface area (Å²) < 4.78 is 33.9. The van der Waals surface area contributed by atoms with Crippen LogP contribution < -0.4 is 19.7 Å². The number of hydrogen-bond acceptors (Lipinski definition) is 9. The number of nitrogens with zero attached hydrogens (tertiary/aromatic N) is 5. The van der Waals surface area contributed by atoms with Gasteiger partial charge in [-0.2, -0.15) is 9.97 Å². The number of fused-ring (bicyclic) bond motifs is 3. The first kappa shape index (κ1) is 31.2. The molecule has 1 aliphatic carbocycles. The number of rotatable bonds is 8. The number of halogens is 1. The van der Waals surface area contributed by atoms with Crippen molar-refractivity contribution < 1.29 is 18.6 Å². The Morgan fingerprint density at radius 2 is 2.00 bits per heavy atom. The Labute approximate surface area is 281 Å². The van der Waals surface area contributed by atoms with Gasteiger partial charge in [-0.15, -0.1) is 6.42 Å². The van der Waals surface area contributed by atoms with Gasteiger partial charge in [-0.3, -0.25) is 4.90 Å². The molecule has 3 fully saturated rings. The summed E-state index contributed by atoms with van der Waals surface area (Å²) in [6.45, 7) is 12.6. The monoisotopic (exact) mass is 650 g/mol. The number of piperazine rings is 1. The summed E-state index contributed by atoms with van der Waals surface area (Å²) in [6.07, 6.45) is 9.77. The van der Waals surface area contributed by atoms with Crippen LogP contribution >= 0.6 is 0 Å². The van der Waals surface area contributed by atoms with Gasteiger partial charge in [-0.05, 0) is 44.1 Å². The molecule has 4 aliphatic rings. The Morgan fingerprint density at radius 1 is 1.12 bits per heavy atom. The fourth-order valence-corrected chi connectivity index (χ4v) is 7.70. The van der Waals surface area contributed by atoms with E-state index < -0.39 is 5.82 Å². The average Bonchev–Trinajstić information content (AvgIpc) is 3.90. The maximum atomic E-state index is 15.1. The molecule has 2 saturated heterocycles. The lowest BCUT2D eigenvalue weighted by Gasteiger charge is -2.39. The third-order valence-corrected chi connectivity index (χ3v) is 10.8. The van der Waals surface area contributed by atoms with Gasteiger partial charge in [0.15, 0.2) is 0 Å². The molecule has 0 spiro atoms. The van der Waals surface area contributed by atoms with Crippen molar-refractivity contribution in [3.05, 3.63) is 47.3 Å². The molecule has 1 N–H and O–H groups in total. The molecule has 3 atom stereocenters. The zero-order chi connectivity index (χ0) is 33.0. The summed E-state index contributed by atoms with van der Waals surface area (Å²) in [5, 5.41) is 5.99. The van der Waals surface area contributed by atoms with Crippen LogP contribution in [0.5, 0.6) is 11.9 Å². The largest absolute Gasteiger partial charge is 0.475 e. The van der Waals surface area contributed by atoms with E-state index in [1.54, 1.807) is 6.07 Å². The molecule has 9 nitrogen and oxygen atoms in total. The highest BCUT2D eigenvalue weighted by molar-refractivity contribution is 6.05. The van der Waals surface area contributed by atoms with Crippen LogP contribution in [0.1, 0.15) is 51.2 Å². The smallest absolute Gasteiger partial charge is 0.318 e. The van der Waals surface area contributed by atoms with E-state index >= 15 is 4.39 Å². The lowest BCUT2D eigenvalue weighted by Crippen LogP contribution is -2.58. The fourth-order valence-electron chi connectivity index (χ4n) is 7.70. The third-order valence-electron chi connectivity index (χ3n) is 10.8. The van der Waals surface area contributed by atoms with E-state index in [4.69, 9.17) is 35.6 Å². The zero-order valence-corrected chi connectivity index (χ0v) is 28.0. The minimum atomic E-state index is -0.429. The highest BCUT2D eigenvalue weighted by atomic mass is 19.1. The van der Waals surface area contributed by atoms with Crippen LogP contribution in [0.3, 0.4) is 0 Å². The topological polar surface area (TPSA) is 84.9 Å². The van der Waals surface area contributed by atoms with E-state index in [-0.39, 0.29) is 17.0 Å². The maximum Gasteiger partial charge on any atom is 0.318 e. The third kappa shape index (κ3) is 5.42. The van der Waals surface area contributed by atoms with Gasteiger partial charge in [-0.1, -0.05) is 44.0 Å². The molecular formula is C38H43FN6O3. The van der Waals surface area contributed by atoms with Crippen LogP contribution in [0.15, 0.2) is 30.3 Å². The number of hydrogen-bond donors (Lipinski definition) is 1. The van der Waals surface area contributed by atoms with Gasteiger partial charge in [0, 0.05) is 60.2 Å². The number of morpholine rings is 1. The summed E-state index contributed by atoms with van der Waals surface area (Å²) in [5.41, 5.74) is 3.44. The Bertz CT molecular complexity index is 1920. The summed E-state index contributed by atoms with van der Waals surface area (Å²) in [7, 11) is 0. The molecule has 2 aromatic heterocycles. The summed E-state index contributed by atoms with van der Waals surface area (Å²) in [6, 6.07) is 10.2. The van der Waals surface area contributed by atoms with Crippen LogP contribution in [0.2, 0.25) is 0 Å². The normalized spacial score (nSPS) is 23.3. The highest BCUT2D eigenvalue weighted by Gasteiger charge is 2.46. The Kier molecular flexibility index (Phi) is 8.10. The number of aromatic nitrogens is 3. The second-order valence-electron chi connectivity index (χ2n) is 13.9. The van der Waals surface area contributed by atoms with Gasteiger partial charge in [-0.25, -0.2) is 9.37 Å². The van der Waals surface area contributed by atoms with Crippen molar-refractivity contribution in [3.8, 4) is 35.5 Å². The predicted octanol–water partition coefficient (Wildman–Crippen LogP) is 5.36. The highest BCUT2D eigenvalue weighted by Crippen LogP contribution is 2.48. The molecular weight excluding hydrogens is 607 g/mol. The number of benzene rings is 2. The molecule has 4 aromatic rings. The van der Waals surface area contributed by atoms with Crippen molar-refractivity contribution in [1.82, 2.24) is 25.2 Å². The van der Waals surface area contributed by atoms with E-state index in [9.17, 15) is 0 Å². The second kappa shape index (κ2) is 12.4. The minimum Gasteiger partial charge on any atom is -0.475 e. The van der Waals surface area contributed by atoms with E-state index in [1.807, 2.05) is 18.2 Å². The second-order valence-corrected chi connectivity index (χ2v) is 13.9. The van der Waals surface area contributed by atoms with E-state index in [2.05, 4.69) is 41.8 Å². The SMILES string of the molecule is C#Cc1c(F)ccc2cccc(-c3nc4c5c(nc(OCC6(CN7CCOC[C@H]7C)CC6)nc5c3CC)N3C[C@@H](CC)NC[C@H]3CO4)c12. The number of nitrogens with one attached hydrogen (secondary N) is 1. The molecule has 8 rings (SSSR count). The fraction of sp³-hybridized carbons (Fsp3) is 0.500. The molecule has 1 saturated carbocycles. The van der Waals surface area contributed by atoms with E-state index in [1.165, 1.54) is 6.07 Å². The molecule has 0 amide bonds. The van der Waals surface area contributed by atoms with Crippen LogP contribution in [0, 0.1) is 23.6 Å². The molecule has 48 heavy (non-hydrogen) atoms. The first-order chi connectivity index (χ1) is 23.4. The van der Waals surface area contributed by atoms with Crippen molar-refractivity contribution >= 4 is 27.5 Å². The number of anilines is 1. The molecule has 0 unspecified atom stereocenters. The number of ether oxygens (including phenoxy) is 3. The van der Waals surface area contributed by atoms with Crippen LogP contribution in [0.25, 0.3) is 32.9 Å². The molecule has 2 aromatic carbocycles. The van der Waals surface area contributed by atoms with Gasteiger partial charge in [0.2, 0.25) is 5.88 Å². The average molecular weight is 651 g/mol. The summed E-state index contributed by atoms with van der Waals surface area (Å²) in [5.74, 6) is 3.46. The van der Waals surface area contributed by atoms with Gasteiger partial charge in [0.05, 0.1) is 42.6 Å². The number of aryl methyl sites for hydroxylation is 1. The summed E-state index contributed by atoms with van der Waals surface area (Å²) in [4.78, 5) is 20.4.